The summed E-state index contributed by atoms with van der Waals surface area (Å²) >= 11 is 1.90. The molecule has 0 unspecified atom stereocenters. The fourth-order valence-corrected chi connectivity index (χ4v) is 9.81. The van der Waals surface area contributed by atoms with E-state index in [2.05, 4.69) is 217 Å². The Bertz CT molecular complexity index is 3240. The second-order valence-corrected chi connectivity index (χ2v) is 15.5. The van der Waals surface area contributed by atoms with Crippen LogP contribution in [0, 0.1) is 0 Å². The highest BCUT2D eigenvalue weighted by Crippen LogP contribution is 2.48. The predicted molar refractivity (Wildman–Crippen MR) is 243 cm³/mol. The first kappa shape index (κ1) is 32.4. The third-order valence-electron chi connectivity index (χ3n) is 11.2. The van der Waals surface area contributed by atoms with Crippen molar-refractivity contribution in [1.82, 2.24) is 0 Å². The lowest BCUT2D eigenvalue weighted by Gasteiger charge is -2.26. The molecule has 0 aliphatic carbocycles. The van der Waals surface area contributed by atoms with Crippen molar-refractivity contribution in [3.8, 4) is 33.4 Å². The highest BCUT2D eigenvalue weighted by Gasteiger charge is 2.20. The molecule has 0 aliphatic heterocycles. The van der Waals surface area contributed by atoms with E-state index in [1.54, 1.807) is 0 Å². The number of rotatable bonds is 6. The van der Waals surface area contributed by atoms with E-state index in [4.69, 9.17) is 0 Å². The lowest BCUT2D eigenvalue weighted by atomic mass is 9.88. The molecule has 11 aromatic rings. The molecule has 0 radical (unpaired) electrons. The molecule has 1 nitrogen and oxygen atoms in total. The molecule has 0 amide bonds. The highest BCUT2D eigenvalue weighted by molar-refractivity contribution is 7.26. The average molecular weight is 730 g/mol. The second-order valence-electron chi connectivity index (χ2n) is 14.5. The van der Waals surface area contributed by atoms with E-state index in [1.807, 2.05) is 11.3 Å². The van der Waals surface area contributed by atoms with Gasteiger partial charge in [0.15, 0.2) is 0 Å². The zero-order chi connectivity index (χ0) is 37.0. The van der Waals surface area contributed by atoms with Crippen molar-refractivity contribution >= 4 is 80.9 Å². The minimum Gasteiger partial charge on any atom is -0.310 e. The van der Waals surface area contributed by atoms with Gasteiger partial charge in [-0.25, -0.2) is 0 Å². The van der Waals surface area contributed by atoms with Crippen molar-refractivity contribution in [2.24, 2.45) is 0 Å². The molecule has 10 aromatic carbocycles. The standard InChI is InChI=1S/C54H35NS/c1-2-18-42(19-3-1)55(43-29-27-37(28-30-43)40-26-25-36-13-4-5-15-39(36)33-40)44-31-32-52-51(35-44)53-50(34-41-16-7-9-21-46(41)54(53)56-52)49-23-11-10-22-48(49)47-24-12-17-38-14-6-8-20-45(38)47/h1-35H. The van der Waals surface area contributed by atoms with E-state index in [0.29, 0.717) is 0 Å². The quantitative estimate of drug-likeness (QED) is 0.165. The molecular weight excluding hydrogens is 695 g/mol. The molecule has 56 heavy (non-hydrogen) atoms. The Kier molecular flexibility index (Phi) is 7.75. The first-order chi connectivity index (χ1) is 27.8. The highest BCUT2D eigenvalue weighted by atomic mass is 32.1. The molecule has 0 N–H and O–H groups in total. The molecule has 0 atom stereocenters. The van der Waals surface area contributed by atoms with Crippen molar-refractivity contribution in [2.75, 3.05) is 4.90 Å². The Morgan fingerprint density at radius 2 is 0.893 bits per heavy atom. The van der Waals surface area contributed by atoms with Gasteiger partial charge in [-0.2, -0.15) is 0 Å². The van der Waals surface area contributed by atoms with Crippen LogP contribution in [0.4, 0.5) is 17.1 Å². The van der Waals surface area contributed by atoms with E-state index in [1.165, 1.54) is 85.9 Å². The summed E-state index contributed by atoms with van der Waals surface area (Å²) in [6.45, 7) is 0. The van der Waals surface area contributed by atoms with Crippen molar-refractivity contribution in [3.63, 3.8) is 0 Å². The smallest absolute Gasteiger partial charge is 0.0468 e. The summed E-state index contributed by atoms with van der Waals surface area (Å²) in [5.74, 6) is 0. The van der Waals surface area contributed by atoms with Gasteiger partial charge in [-0.1, -0.05) is 158 Å². The SMILES string of the molecule is c1ccc(N(c2ccc(-c3ccc4ccccc4c3)cc2)c2ccc3sc4c5ccccc5cc(-c5ccccc5-c5cccc6ccccc56)c4c3c2)cc1. The lowest BCUT2D eigenvalue weighted by Crippen LogP contribution is -2.09. The van der Waals surface area contributed by atoms with Crippen molar-refractivity contribution < 1.29 is 0 Å². The molecule has 0 aliphatic rings. The molecule has 1 heterocycles. The zero-order valence-electron chi connectivity index (χ0n) is 30.6. The summed E-state index contributed by atoms with van der Waals surface area (Å²) in [6.07, 6.45) is 0. The summed E-state index contributed by atoms with van der Waals surface area (Å²) in [7, 11) is 0. The van der Waals surface area contributed by atoms with Crippen LogP contribution < -0.4 is 4.90 Å². The van der Waals surface area contributed by atoms with E-state index < -0.39 is 0 Å². The number of benzene rings is 10. The second kappa shape index (κ2) is 13.4. The van der Waals surface area contributed by atoms with Crippen LogP contribution in [0.1, 0.15) is 0 Å². The fourth-order valence-electron chi connectivity index (χ4n) is 8.56. The summed E-state index contributed by atoms with van der Waals surface area (Å²) in [5.41, 5.74) is 10.8. The summed E-state index contributed by atoms with van der Waals surface area (Å²) in [5, 5.41) is 10.1. The van der Waals surface area contributed by atoms with E-state index in [9.17, 15) is 0 Å². The molecule has 0 fully saturated rings. The van der Waals surface area contributed by atoms with Crippen LogP contribution in [-0.2, 0) is 0 Å². The summed E-state index contributed by atoms with van der Waals surface area (Å²) < 4.78 is 2.60. The van der Waals surface area contributed by atoms with E-state index in [0.717, 1.165) is 17.1 Å². The third kappa shape index (κ3) is 5.46. The maximum absolute atomic E-state index is 2.42. The van der Waals surface area contributed by atoms with Gasteiger partial charge >= 0.3 is 0 Å². The van der Waals surface area contributed by atoms with Gasteiger partial charge in [0.2, 0.25) is 0 Å². The molecular formula is C54H35NS. The van der Waals surface area contributed by atoms with E-state index >= 15 is 0 Å². The normalized spacial score (nSPS) is 11.6. The van der Waals surface area contributed by atoms with Gasteiger partial charge in [-0.05, 0) is 120 Å². The van der Waals surface area contributed by atoms with Gasteiger partial charge in [-0.3, -0.25) is 0 Å². The average Bonchev–Trinajstić information content (AvgIpc) is 3.66. The monoisotopic (exact) mass is 729 g/mol. The molecule has 262 valence electrons. The molecule has 0 spiro atoms. The van der Waals surface area contributed by atoms with Crippen LogP contribution in [0.2, 0.25) is 0 Å². The summed E-state index contributed by atoms with van der Waals surface area (Å²) in [4.78, 5) is 2.39. The molecule has 2 heteroatoms. The molecule has 11 rings (SSSR count). The Balaban J connectivity index is 1.11. The largest absolute Gasteiger partial charge is 0.310 e. The van der Waals surface area contributed by atoms with Gasteiger partial charge in [0.25, 0.3) is 0 Å². The predicted octanol–water partition coefficient (Wildman–Crippen LogP) is 16.0. The Morgan fingerprint density at radius 1 is 0.304 bits per heavy atom. The number of hydrogen-bond donors (Lipinski definition) is 0. The number of nitrogens with zero attached hydrogens (tertiary/aromatic N) is 1. The Morgan fingerprint density at radius 3 is 1.71 bits per heavy atom. The van der Waals surface area contributed by atoms with Crippen LogP contribution in [-0.4, -0.2) is 0 Å². The number of anilines is 3. The maximum Gasteiger partial charge on any atom is 0.0468 e. The van der Waals surface area contributed by atoms with Crippen molar-refractivity contribution in [2.45, 2.75) is 0 Å². The van der Waals surface area contributed by atoms with Gasteiger partial charge in [-0.15, -0.1) is 11.3 Å². The molecule has 1 aromatic heterocycles. The number of fused-ring (bicyclic) bond motifs is 7. The fraction of sp³-hybridized carbons (Fsp3) is 0. The van der Waals surface area contributed by atoms with E-state index in [-0.39, 0.29) is 0 Å². The number of hydrogen-bond acceptors (Lipinski definition) is 2. The first-order valence-corrected chi connectivity index (χ1v) is 20.0. The molecule has 0 bridgehead atoms. The van der Waals surface area contributed by atoms with Gasteiger partial charge in [0.05, 0.1) is 0 Å². The van der Waals surface area contributed by atoms with Crippen LogP contribution in [0.5, 0.6) is 0 Å². The Labute approximate surface area is 330 Å². The minimum absolute atomic E-state index is 1.12. The van der Waals surface area contributed by atoms with Crippen LogP contribution >= 0.6 is 11.3 Å². The molecule has 0 saturated carbocycles. The third-order valence-corrected chi connectivity index (χ3v) is 12.4. The number of thiophene rings is 1. The first-order valence-electron chi connectivity index (χ1n) is 19.2. The van der Waals surface area contributed by atoms with Crippen LogP contribution in [0.25, 0.3) is 85.9 Å². The Hall–Kier alpha value is -7.00. The molecule has 0 saturated heterocycles. The van der Waals surface area contributed by atoms with Crippen LogP contribution in [0.3, 0.4) is 0 Å². The lowest BCUT2D eigenvalue weighted by molar-refractivity contribution is 1.29. The maximum atomic E-state index is 2.42. The van der Waals surface area contributed by atoms with Crippen LogP contribution in [0.15, 0.2) is 212 Å². The zero-order valence-corrected chi connectivity index (χ0v) is 31.4. The van der Waals surface area contributed by atoms with Gasteiger partial charge in [0, 0.05) is 37.2 Å². The summed E-state index contributed by atoms with van der Waals surface area (Å²) in [6, 6.07) is 77.7. The van der Waals surface area contributed by atoms with Gasteiger partial charge in [0.1, 0.15) is 0 Å². The van der Waals surface area contributed by atoms with Crippen molar-refractivity contribution in [1.29, 1.82) is 0 Å². The minimum atomic E-state index is 1.12. The van der Waals surface area contributed by atoms with Gasteiger partial charge < -0.3 is 4.90 Å². The topological polar surface area (TPSA) is 3.24 Å². The van der Waals surface area contributed by atoms with Crippen molar-refractivity contribution in [3.05, 3.63) is 212 Å². The number of para-hydroxylation sites is 1.